The Labute approximate surface area is 150 Å². The van der Waals surface area contributed by atoms with E-state index in [1.807, 2.05) is 30.5 Å². The summed E-state index contributed by atoms with van der Waals surface area (Å²) in [5.41, 5.74) is 2.11. The molecule has 25 heavy (non-hydrogen) atoms. The largest absolute Gasteiger partial charge is 0.322 e. The summed E-state index contributed by atoms with van der Waals surface area (Å²) < 4.78 is 0. The average molecular weight is 354 g/mol. The van der Waals surface area contributed by atoms with Gasteiger partial charge in [0.05, 0.1) is 6.54 Å². The van der Waals surface area contributed by atoms with Crippen LogP contribution in [0.5, 0.6) is 0 Å². The number of imide groups is 1. The van der Waals surface area contributed by atoms with Gasteiger partial charge in [0, 0.05) is 29.0 Å². The molecule has 6 heteroatoms. The first-order valence-corrected chi connectivity index (χ1v) is 9.17. The summed E-state index contributed by atoms with van der Waals surface area (Å²) in [6.45, 7) is 0.280. The SMILES string of the molecule is CSc1ccc(C(=O)Nc2ccc(CN3C(=O)CCC3=O)cc2)cc1. The molecule has 2 aromatic carbocycles. The zero-order valence-corrected chi connectivity index (χ0v) is 14.6. The van der Waals surface area contributed by atoms with E-state index in [0.717, 1.165) is 10.5 Å². The highest BCUT2D eigenvalue weighted by atomic mass is 32.2. The number of hydrogen-bond donors (Lipinski definition) is 1. The minimum Gasteiger partial charge on any atom is -0.322 e. The number of carbonyl (C=O) groups is 3. The summed E-state index contributed by atoms with van der Waals surface area (Å²) >= 11 is 1.62. The lowest BCUT2D eigenvalue weighted by molar-refractivity contribution is -0.139. The van der Waals surface area contributed by atoms with Gasteiger partial charge in [0.15, 0.2) is 0 Å². The third-order valence-corrected chi connectivity index (χ3v) is 4.80. The summed E-state index contributed by atoms with van der Waals surface area (Å²) in [5, 5.41) is 2.84. The highest BCUT2D eigenvalue weighted by Gasteiger charge is 2.28. The molecule has 0 aliphatic carbocycles. The molecule has 3 amide bonds. The van der Waals surface area contributed by atoms with Gasteiger partial charge in [-0.15, -0.1) is 11.8 Å². The molecule has 1 saturated heterocycles. The van der Waals surface area contributed by atoms with Gasteiger partial charge in [0.2, 0.25) is 11.8 Å². The molecule has 3 rings (SSSR count). The Bertz CT molecular complexity index is 784. The summed E-state index contributed by atoms with van der Waals surface area (Å²) in [4.78, 5) is 37.9. The van der Waals surface area contributed by atoms with Gasteiger partial charge < -0.3 is 5.32 Å². The number of carbonyl (C=O) groups excluding carboxylic acids is 3. The zero-order chi connectivity index (χ0) is 17.8. The molecule has 128 valence electrons. The molecule has 1 N–H and O–H groups in total. The Morgan fingerprint density at radius 3 is 2.16 bits per heavy atom. The lowest BCUT2D eigenvalue weighted by Crippen LogP contribution is -2.28. The van der Waals surface area contributed by atoms with Crippen molar-refractivity contribution < 1.29 is 14.4 Å². The normalized spacial score (nSPS) is 14.0. The van der Waals surface area contributed by atoms with Crippen LogP contribution < -0.4 is 5.32 Å². The Hall–Kier alpha value is -2.60. The maximum atomic E-state index is 12.2. The average Bonchev–Trinajstić information content (AvgIpc) is 2.95. The second-order valence-electron chi connectivity index (χ2n) is 5.75. The molecule has 1 heterocycles. The van der Waals surface area contributed by atoms with Crippen molar-refractivity contribution in [2.45, 2.75) is 24.3 Å². The third-order valence-electron chi connectivity index (χ3n) is 4.06. The number of benzene rings is 2. The summed E-state index contributed by atoms with van der Waals surface area (Å²) in [7, 11) is 0. The maximum Gasteiger partial charge on any atom is 0.255 e. The van der Waals surface area contributed by atoms with Crippen LogP contribution in [0.4, 0.5) is 5.69 Å². The Morgan fingerprint density at radius 2 is 1.60 bits per heavy atom. The van der Waals surface area contributed by atoms with Gasteiger partial charge >= 0.3 is 0 Å². The molecule has 0 bridgehead atoms. The second kappa shape index (κ2) is 7.53. The molecular weight excluding hydrogens is 336 g/mol. The van der Waals surface area contributed by atoms with Crippen LogP contribution in [-0.4, -0.2) is 28.9 Å². The minimum absolute atomic E-state index is 0.129. The second-order valence-corrected chi connectivity index (χ2v) is 6.63. The van der Waals surface area contributed by atoms with E-state index in [1.54, 1.807) is 36.0 Å². The van der Waals surface area contributed by atoms with Crippen molar-refractivity contribution in [1.29, 1.82) is 0 Å². The van der Waals surface area contributed by atoms with Crippen LogP contribution in [0.1, 0.15) is 28.8 Å². The number of thioether (sulfide) groups is 1. The van der Waals surface area contributed by atoms with E-state index < -0.39 is 0 Å². The first-order chi connectivity index (χ1) is 12.1. The first-order valence-electron chi connectivity index (χ1n) is 7.94. The standard InChI is InChI=1S/C19H18N2O3S/c1-25-16-8-4-14(5-9-16)19(24)20-15-6-2-13(3-7-15)12-21-17(22)10-11-18(21)23/h2-9H,10-12H2,1H3,(H,20,24). The van der Waals surface area contributed by atoms with Gasteiger partial charge in [-0.1, -0.05) is 12.1 Å². The summed E-state index contributed by atoms with van der Waals surface area (Å²) in [5.74, 6) is -0.433. The van der Waals surface area contributed by atoms with Crippen molar-refractivity contribution in [3.63, 3.8) is 0 Å². The topological polar surface area (TPSA) is 66.5 Å². The number of amides is 3. The molecule has 0 unspecified atom stereocenters. The van der Waals surface area contributed by atoms with E-state index in [-0.39, 0.29) is 24.3 Å². The van der Waals surface area contributed by atoms with Crippen LogP contribution in [0.25, 0.3) is 0 Å². The van der Waals surface area contributed by atoms with Gasteiger partial charge in [0.1, 0.15) is 0 Å². The lowest BCUT2D eigenvalue weighted by Gasteiger charge is -2.14. The molecule has 0 aromatic heterocycles. The van der Waals surface area contributed by atoms with Crippen LogP contribution in [-0.2, 0) is 16.1 Å². The van der Waals surface area contributed by atoms with E-state index in [0.29, 0.717) is 24.1 Å². The van der Waals surface area contributed by atoms with Crippen LogP contribution in [0.2, 0.25) is 0 Å². The highest BCUT2D eigenvalue weighted by molar-refractivity contribution is 7.98. The van der Waals surface area contributed by atoms with Gasteiger partial charge in [-0.3, -0.25) is 19.3 Å². The number of nitrogens with zero attached hydrogens (tertiary/aromatic N) is 1. The van der Waals surface area contributed by atoms with E-state index in [2.05, 4.69) is 5.32 Å². The van der Waals surface area contributed by atoms with Crippen LogP contribution in [0.15, 0.2) is 53.4 Å². The molecule has 0 spiro atoms. The first kappa shape index (κ1) is 17.2. The Balaban J connectivity index is 1.62. The van der Waals surface area contributed by atoms with Crippen molar-refractivity contribution in [2.24, 2.45) is 0 Å². The maximum absolute atomic E-state index is 12.2. The number of rotatable bonds is 5. The third kappa shape index (κ3) is 4.09. The molecule has 0 radical (unpaired) electrons. The van der Waals surface area contributed by atoms with E-state index in [1.165, 1.54) is 4.90 Å². The van der Waals surface area contributed by atoms with Crippen LogP contribution >= 0.6 is 11.8 Å². The Kier molecular flexibility index (Phi) is 5.19. The smallest absolute Gasteiger partial charge is 0.255 e. The van der Waals surface area contributed by atoms with Crippen LogP contribution in [0, 0.1) is 0 Å². The Morgan fingerprint density at radius 1 is 1.00 bits per heavy atom. The quantitative estimate of drug-likeness (QED) is 0.661. The molecule has 2 aromatic rings. The van der Waals surface area contributed by atoms with E-state index >= 15 is 0 Å². The minimum atomic E-state index is -0.176. The molecular formula is C19H18N2O3S. The van der Waals surface area contributed by atoms with Gasteiger partial charge in [0.25, 0.3) is 5.91 Å². The molecule has 1 aliphatic rings. The number of nitrogens with one attached hydrogen (secondary N) is 1. The lowest BCUT2D eigenvalue weighted by atomic mass is 10.1. The molecule has 0 saturated carbocycles. The molecule has 1 fully saturated rings. The number of hydrogen-bond acceptors (Lipinski definition) is 4. The fraction of sp³-hybridized carbons (Fsp3) is 0.211. The van der Waals surface area contributed by atoms with Gasteiger partial charge in [-0.2, -0.15) is 0 Å². The molecule has 0 atom stereocenters. The summed E-state index contributed by atoms with van der Waals surface area (Å²) in [6.07, 6.45) is 2.57. The van der Waals surface area contributed by atoms with Crippen molar-refractivity contribution in [3.05, 3.63) is 59.7 Å². The predicted molar refractivity (Wildman–Crippen MR) is 97.4 cm³/mol. The number of anilines is 1. The van der Waals surface area contributed by atoms with Gasteiger partial charge in [-0.25, -0.2) is 0 Å². The van der Waals surface area contributed by atoms with Gasteiger partial charge in [-0.05, 0) is 48.2 Å². The number of likely N-dealkylation sites (tertiary alicyclic amines) is 1. The monoisotopic (exact) mass is 354 g/mol. The van der Waals surface area contributed by atoms with Crippen molar-refractivity contribution >= 4 is 35.2 Å². The highest BCUT2D eigenvalue weighted by Crippen LogP contribution is 2.19. The fourth-order valence-electron chi connectivity index (χ4n) is 2.62. The predicted octanol–water partition coefficient (Wildman–Crippen LogP) is 3.31. The summed E-state index contributed by atoms with van der Waals surface area (Å²) in [6, 6.07) is 14.6. The van der Waals surface area contributed by atoms with Crippen molar-refractivity contribution in [2.75, 3.05) is 11.6 Å². The van der Waals surface area contributed by atoms with Crippen LogP contribution in [0.3, 0.4) is 0 Å². The molecule has 5 nitrogen and oxygen atoms in total. The zero-order valence-electron chi connectivity index (χ0n) is 13.8. The fourth-order valence-corrected chi connectivity index (χ4v) is 3.03. The van der Waals surface area contributed by atoms with E-state index in [9.17, 15) is 14.4 Å². The van der Waals surface area contributed by atoms with Crippen molar-refractivity contribution in [1.82, 2.24) is 4.90 Å². The van der Waals surface area contributed by atoms with E-state index in [4.69, 9.17) is 0 Å². The van der Waals surface area contributed by atoms with Crippen molar-refractivity contribution in [3.8, 4) is 0 Å². The molecule has 1 aliphatic heterocycles.